The molecule has 140 valence electrons. The molecule has 0 radical (unpaired) electrons. The zero-order valence-electron chi connectivity index (χ0n) is 15.4. The molecule has 0 aromatic carbocycles. The quantitative estimate of drug-likeness (QED) is 0.712. The van der Waals surface area contributed by atoms with Gasteiger partial charge in [-0.3, -0.25) is 14.5 Å². The molecule has 2 heterocycles. The summed E-state index contributed by atoms with van der Waals surface area (Å²) in [7, 11) is 3.23. The number of carbonyl (C=O) groups excluding carboxylic acids is 2. The highest BCUT2D eigenvalue weighted by Crippen LogP contribution is 2.57. The molecule has 7 nitrogen and oxygen atoms in total. The molecule has 4 aliphatic rings. The van der Waals surface area contributed by atoms with Gasteiger partial charge in [-0.25, -0.2) is 9.86 Å². The first kappa shape index (κ1) is 17.1. The van der Waals surface area contributed by atoms with E-state index in [2.05, 4.69) is 4.90 Å². The highest BCUT2D eigenvalue weighted by Gasteiger charge is 2.62. The summed E-state index contributed by atoms with van der Waals surface area (Å²) in [6.45, 7) is 6.06. The number of carbonyl (C=O) groups is 2. The Morgan fingerprint density at radius 3 is 2.52 bits per heavy atom. The molecule has 2 saturated carbocycles. The number of rotatable bonds is 4. The zero-order chi connectivity index (χ0) is 17.8. The lowest BCUT2D eigenvalue weighted by Crippen LogP contribution is -2.52. The average Bonchev–Trinajstić information content (AvgIpc) is 2.94. The van der Waals surface area contributed by atoms with Crippen LogP contribution in [0, 0.1) is 23.2 Å². The van der Waals surface area contributed by atoms with Gasteiger partial charge in [0.2, 0.25) is 5.91 Å². The molecule has 25 heavy (non-hydrogen) atoms. The van der Waals surface area contributed by atoms with E-state index >= 15 is 0 Å². The van der Waals surface area contributed by atoms with Gasteiger partial charge in [0.05, 0.1) is 13.7 Å². The van der Waals surface area contributed by atoms with E-state index in [9.17, 15) is 9.59 Å². The van der Waals surface area contributed by atoms with Gasteiger partial charge in [0, 0.05) is 45.2 Å². The third-order valence-corrected chi connectivity index (χ3v) is 6.91. The van der Waals surface area contributed by atoms with E-state index in [1.165, 1.54) is 25.0 Å². The van der Waals surface area contributed by atoms with Crippen LogP contribution in [0.4, 0.5) is 4.79 Å². The van der Waals surface area contributed by atoms with Crippen molar-refractivity contribution in [2.75, 3.05) is 46.9 Å². The molecule has 0 aromatic rings. The minimum atomic E-state index is -0.158. The van der Waals surface area contributed by atoms with Crippen molar-refractivity contribution >= 4 is 12.0 Å². The first-order chi connectivity index (χ1) is 12.0. The molecule has 0 bridgehead atoms. The maximum atomic E-state index is 12.2. The zero-order valence-corrected chi connectivity index (χ0v) is 15.4. The number of likely N-dealkylation sites (tertiary alicyclic amines) is 2. The Kier molecular flexibility index (Phi) is 4.19. The topological polar surface area (TPSA) is 62.3 Å². The Morgan fingerprint density at radius 1 is 1.24 bits per heavy atom. The fraction of sp³-hybridized carbons (Fsp3) is 0.889. The fourth-order valence-corrected chi connectivity index (χ4v) is 5.36. The van der Waals surface area contributed by atoms with Crippen LogP contribution in [-0.2, 0) is 14.4 Å². The summed E-state index contributed by atoms with van der Waals surface area (Å²) in [4.78, 5) is 33.6. The second-order valence-corrected chi connectivity index (χ2v) is 8.26. The number of piperidine rings is 1. The number of hydrogen-bond donors (Lipinski definition) is 0. The number of nitrogens with zero attached hydrogens (tertiary/aromatic N) is 3. The molecular formula is C18H29N3O4. The highest BCUT2D eigenvalue weighted by atomic mass is 16.7. The number of hydrogen-bond acceptors (Lipinski definition) is 5. The standard InChI is InChI=1S/C18H29N3O4/c1-4-25-17(23)20-6-5-18(11-20)7-12(8-18)21-9-13-14(10-21)15(13)16(22)19(2)24-3/h12-15H,4-11H2,1-3H3/t12?,13-,14+,15?,18?. The molecule has 1 unspecified atom stereocenters. The molecule has 1 spiro atoms. The normalized spacial score (nSPS) is 39.2. The van der Waals surface area contributed by atoms with Crippen molar-refractivity contribution in [2.45, 2.75) is 32.2 Å². The molecule has 2 saturated heterocycles. The van der Waals surface area contributed by atoms with E-state index in [4.69, 9.17) is 9.57 Å². The average molecular weight is 351 g/mol. The van der Waals surface area contributed by atoms with Crippen molar-refractivity contribution in [3.8, 4) is 0 Å². The number of hydroxylamine groups is 2. The maximum absolute atomic E-state index is 12.2. The Balaban J connectivity index is 1.23. The Bertz CT molecular complexity index is 551. The summed E-state index contributed by atoms with van der Waals surface area (Å²) < 4.78 is 5.13. The summed E-state index contributed by atoms with van der Waals surface area (Å²) >= 11 is 0. The lowest BCUT2D eigenvalue weighted by molar-refractivity contribution is -0.171. The number of fused-ring (bicyclic) bond motifs is 1. The Labute approximate surface area is 149 Å². The summed E-state index contributed by atoms with van der Waals surface area (Å²) in [5.74, 6) is 1.33. The van der Waals surface area contributed by atoms with Crippen molar-refractivity contribution in [2.24, 2.45) is 23.2 Å². The van der Waals surface area contributed by atoms with Crippen LogP contribution in [-0.4, -0.2) is 79.8 Å². The molecule has 0 N–H and O–H groups in total. The predicted molar refractivity (Wildman–Crippen MR) is 90.5 cm³/mol. The largest absolute Gasteiger partial charge is 0.450 e. The second kappa shape index (κ2) is 6.13. The van der Waals surface area contributed by atoms with Gasteiger partial charge in [-0.05, 0) is 43.4 Å². The van der Waals surface area contributed by atoms with Gasteiger partial charge in [-0.1, -0.05) is 0 Å². The summed E-state index contributed by atoms with van der Waals surface area (Å²) in [5.41, 5.74) is 0.315. The predicted octanol–water partition coefficient (Wildman–Crippen LogP) is 1.20. The summed E-state index contributed by atoms with van der Waals surface area (Å²) in [6.07, 6.45) is 3.30. The summed E-state index contributed by atoms with van der Waals surface area (Å²) in [6, 6.07) is 0.630. The lowest BCUT2D eigenvalue weighted by Gasteiger charge is -2.49. The monoisotopic (exact) mass is 351 g/mol. The third kappa shape index (κ3) is 2.81. The van der Waals surface area contributed by atoms with Gasteiger partial charge in [0.15, 0.2) is 0 Å². The van der Waals surface area contributed by atoms with Gasteiger partial charge >= 0.3 is 6.09 Å². The minimum absolute atomic E-state index is 0.128. The molecule has 2 aliphatic carbocycles. The van der Waals surface area contributed by atoms with Gasteiger partial charge in [-0.2, -0.15) is 0 Å². The van der Waals surface area contributed by atoms with Crippen LogP contribution in [0.15, 0.2) is 0 Å². The van der Waals surface area contributed by atoms with Crippen molar-refractivity contribution in [1.82, 2.24) is 14.9 Å². The van der Waals surface area contributed by atoms with E-state index in [1.807, 2.05) is 11.8 Å². The van der Waals surface area contributed by atoms with E-state index in [1.54, 1.807) is 7.05 Å². The van der Waals surface area contributed by atoms with E-state index in [0.29, 0.717) is 29.9 Å². The van der Waals surface area contributed by atoms with Crippen LogP contribution in [0.25, 0.3) is 0 Å². The SMILES string of the molecule is CCOC(=O)N1CCC2(CC(N3C[C@@H]4C(C(=O)N(C)OC)[C@@H]4C3)C2)C1. The minimum Gasteiger partial charge on any atom is -0.450 e. The smallest absolute Gasteiger partial charge is 0.409 e. The van der Waals surface area contributed by atoms with Crippen LogP contribution >= 0.6 is 0 Å². The second-order valence-electron chi connectivity index (χ2n) is 8.26. The van der Waals surface area contributed by atoms with Crippen LogP contribution < -0.4 is 0 Å². The molecule has 2 aliphatic heterocycles. The number of amides is 2. The van der Waals surface area contributed by atoms with Crippen LogP contribution in [0.5, 0.6) is 0 Å². The molecule has 4 fully saturated rings. The first-order valence-corrected chi connectivity index (χ1v) is 9.45. The molecule has 3 atom stereocenters. The van der Waals surface area contributed by atoms with Crippen molar-refractivity contribution in [3.05, 3.63) is 0 Å². The lowest BCUT2D eigenvalue weighted by atomic mass is 9.64. The van der Waals surface area contributed by atoms with Gasteiger partial charge in [0.25, 0.3) is 0 Å². The summed E-state index contributed by atoms with van der Waals surface area (Å²) in [5, 5.41) is 1.37. The molecular weight excluding hydrogens is 322 g/mol. The molecule has 2 amide bonds. The van der Waals surface area contributed by atoms with Crippen LogP contribution in [0.2, 0.25) is 0 Å². The van der Waals surface area contributed by atoms with Crippen molar-refractivity contribution in [3.63, 3.8) is 0 Å². The van der Waals surface area contributed by atoms with Crippen LogP contribution in [0.1, 0.15) is 26.2 Å². The van der Waals surface area contributed by atoms with Crippen LogP contribution in [0.3, 0.4) is 0 Å². The van der Waals surface area contributed by atoms with E-state index < -0.39 is 0 Å². The molecule has 0 aromatic heterocycles. The number of ether oxygens (including phenoxy) is 1. The fourth-order valence-electron chi connectivity index (χ4n) is 5.36. The van der Waals surface area contributed by atoms with Gasteiger partial charge < -0.3 is 9.64 Å². The Hall–Kier alpha value is -1.34. The highest BCUT2D eigenvalue weighted by molar-refractivity contribution is 5.81. The van der Waals surface area contributed by atoms with Crippen molar-refractivity contribution < 1.29 is 19.2 Å². The molecule has 4 rings (SSSR count). The first-order valence-electron chi connectivity index (χ1n) is 9.45. The van der Waals surface area contributed by atoms with Gasteiger partial charge in [0.1, 0.15) is 0 Å². The van der Waals surface area contributed by atoms with Gasteiger partial charge in [-0.15, -0.1) is 0 Å². The van der Waals surface area contributed by atoms with E-state index in [-0.39, 0.29) is 17.9 Å². The third-order valence-electron chi connectivity index (χ3n) is 6.91. The maximum Gasteiger partial charge on any atom is 0.409 e. The molecule has 7 heteroatoms. The Morgan fingerprint density at radius 2 is 1.92 bits per heavy atom. The van der Waals surface area contributed by atoms with Crippen molar-refractivity contribution in [1.29, 1.82) is 0 Å². The van der Waals surface area contributed by atoms with E-state index in [0.717, 1.165) is 32.6 Å².